The number of unbranched alkanes of at least 4 members (excludes halogenated alkanes) is 5. The number of carbonyl (C=O) groups is 1. The third-order valence-electron chi connectivity index (χ3n) is 2.38. The maximum absolute atomic E-state index is 10.7. The van der Waals surface area contributed by atoms with Gasteiger partial charge in [0, 0.05) is 6.42 Å². The third kappa shape index (κ3) is 12.3. The highest BCUT2D eigenvalue weighted by Crippen LogP contribution is 2.05. The first-order chi connectivity index (χ1) is 8.81. The van der Waals surface area contributed by atoms with Crippen molar-refractivity contribution in [1.82, 2.24) is 0 Å². The predicted octanol–water partition coefficient (Wildman–Crippen LogP) is 4.06. The molecule has 0 aliphatic carbocycles. The Morgan fingerprint density at radius 1 is 1.11 bits per heavy atom. The molecule has 0 bridgehead atoms. The summed E-state index contributed by atoms with van der Waals surface area (Å²) in [5.74, 6) is 10.1. The van der Waals surface area contributed by atoms with Crippen molar-refractivity contribution in [2.24, 2.45) is 0 Å². The lowest BCUT2D eigenvalue weighted by Gasteiger charge is -1.95. The van der Waals surface area contributed by atoms with E-state index in [1.165, 1.54) is 38.2 Å². The van der Waals surface area contributed by atoms with Gasteiger partial charge in [-0.15, -0.1) is 0 Å². The first-order valence-electron chi connectivity index (χ1n) is 6.61. The molecule has 0 unspecified atom stereocenters. The Kier molecular flexibility index (Phi) is 12.1. The Bertz CT molecular complexity index is 379. The van der Waals surface area contributed by atoms with Gasteiger partial charge in [0.05, 0.1) is 0 Å². The van der Waals surface area contributed by atoms with Gasteiger partial charge < -0.3 is 0 Å². The van der Waals surface area contributed by atoms with Gasteiger partial charge >= 0.3 is 0 Å². The number of hydrogen-bond donors (Lipinski definition) is 0. The molecule has 18 heavy (non-hydrogen) atoms. The molecule has 0 rings (SSSR count). The van der Waals surface area contributed by atoms with Crippen molar-refractivity contribution >= 4 is 5.78 Å². The standard InChI is InChI=1S/C17H22O/c1-3-5-6-7-8-9-10-11-12-13-14-15-16-17(18)4-2/h4,10-11H,2-3,5-9,12H2,1H3/b11-10-. The number of rotatable bonds is 8. The molecule has 0 aromatic carbocycles. The minimum absolute atomic E-state index is 0.285. The van der Waals surface area contributed by atoms with Crippen molar-refractivity contribution in [3.63, 3.8) is 0 Å². The van der Waals surface area contributed by atoms with Gasteiger partial charge in [-0.25, -0.2) is 0 Å². The second kappa shape index (κ2) is 13.3. The summed E-state index contributed by atoms with van der Waals surface area (Å²) in [6.07, 6.45) is 13.8. The van der Waals surface area contributed by atoms with Gasteiger partial charge in [-0.3, -0.25) is 4.79 Å². The van der Waals surface area contributed by atoms with E-state index in [-0.39, 0.29) is 5.78 Å². The molecule has 0 aliphatic heterocycles. The number of carbonyl (C=O) groups excluding carboxylic acids is 1. The van der Waals surface area contributed by atoms with E-state index in [9.17, 15) is 4.79 Å². The average Bonchev–Trinajstić information content (AvgIpc) is 2.39. The van der Waals surface area contributed by atoms with Crippen LogP contribution < -0.4 is 0 Å². The Balaban J connectivity index is 3.53. The molecule has 0 heterocycles. The van der Waals surface area contributed by atoms with Crippen LogP contribution >= 0.6 is 0 Å². The monoisotopic (exact) mass is 242 g/mol. The molecule has 0 saturated carbocycles. The van der Waals surface area contributed by atoms with Gasteiger partial charge in [0.15, 0.2) is 0 Å². The van der Waals surface area contributed by atoms with E-state index >= 15 is 0 Å². The van der Waals surface area contributed by atoms with Crippen LogP contribution in [-0.4, -0.2) is 5.78 Å². The van der Waals surface area contributed by atoms with Crippen molar-refractivity contribution in [3.8, 4) is 23.7 Å². The van der Waals surface area contributed by atoms with E-state index in [4.69, 9.17) is 0 Å². The normalized spacial score (nSPS) is 9.17. The fraction of sp³-hybridized carbons (Fsp3) is 0.471. The lowest BCUT2D eigenvalue weighted by atomic mass is 10.1. The van der Waals surface area contributed by atoms with Gasteiger partial charge in [0.1, 0.15) is 0 Å². The van der Waals surface area contributed by atoms with E-state index < -0.39 is 0 Å². The Morgan fingerprint density at radius 2 is 1.89 bits per heavy atom. The third-order valence-corrected chi connectivity index (χ3v) is 2.38. The van der Waals surface area contributed by atoms with Crippen molar-refractivity contribution in [2.75, 3.05) is 0 Å². The van der Waals surface area contributed by atoms with Crippen LogP contribution in [0.5, 0.6) is 0 Å². The van der Waals surface area contributed by atoms with E-state index in [0.29, 0.717) is 6.42 Å². The zero-order valence-corrected chi connectivity index (χ0v) is 11.3. The molecule has 0 atom stereocenters. The zero-order valence-electron chi connectivity index (χ0n) is 11.3. The number of ketones is 1. The molecule has 0 saturated heterocycles. The molecule has 0 aliphatic rings. The lowest BCUT2D eigenvalue weighted by molar-refractivity contribution is -0.109. The quantitative estimate of drug-likeness (QED) is 0.206. The number of hydrogen-bond acceptors (Lipinski definition) is 1. The summed E-state index contributed by atoms with van der Waals surface area (Å²) in [5.41, 5.74) is 0. The summed E-state index contributed by atoms with van der Waals surface area (Å²) >= 11 is 0. The summed E-state index contributed by atoms with van der Waals surface area (Å²) in [4.78, 5) is 10.7. The van der Waals surface area contributed by atoms with Crippen molar-refractivity contribution in [1.29, 1.82) is 0 Å². The van der Waals surface area contributed by atoms with Gasteiger partial charge in [-0.2, -0.15) is 0 Å². The van der Waals surface area contributed by atoms with Crippen LogP contribution in [0.2, 0.25) is 0 Å². The van der Waals surface area contributed by atoms with Crippen LogP contribution in [0.4, 0.5) is 0 Å². The van der Waals surface area contributed by atoms with Crippen molar-refractivity contribution < 1.29 is 4.79 Å². The van der Waals surface area contributed by atoms with Crippen LogP contribution in [0.1, 0.15) is 51.9 Å². The molecule has 0 spiro atoms. The zero-order chi connectivity index (χ0) is 13.5. The molecule has 0 aromatic rings. The van der Waals surface area contributed by atoms with Crippen molar-refractivity contribution in [3.05, 3.63) is 24.8 Å². The summed E-state index contributed by atoms with van der Waals surface area (Å²) in [6.45, 7) is 5.55. The van der Waals surface area contributed by atoms with Crippen LogP contribution in [0.25, 0.3) is 0 Å². The molecule has 0 amide bonds. The van der Waals surface area contributed by atoms with Crippen LogP contribution in [0.15, 0.2) is 24.8 Å². The topological polar surface area (TPSA) is 17.1 Å². The molecule has 0 radical (unpaired) electrons. The molecule has 96 valence electrons. The second-order valence-electron chi connectivity index (χ2n) is 4.00. The summed E-state index contributed by atoms with van der Waals surface area (Å²) in [7, 11) is 0. The Morgan fingerprint density at radius 3 is 2.61 bits per heavy atom. The predicted molar refractivity (Wildman–Crippen MR) is 77.9 cm³/mol. The van der Waals surface area contributed by atoms with Crippen LogP contribution in [0, 0.1) is 23.7 Å². The summed E-state index contributed by atoms with van der Waals surface area (Å²) in [5, 5.41) is 0. The first kappa shape index (κ1) is 16.3. The summed E-state index contributed by atoms with van der Waals surface area (Å²) < 4.78 is 0. The molecular weight excluding hydrogens is 220 g/mol. The van der Waals surface area contributed by atoms with Gasteiger partial charge in [-0.1, -0.05) is 57.3 Å². The lowest BCUT2D eigenvalue weighted by Crippen LogP contribution is -1.81. The fourth-order valence-corrected chi connectivity index (χ4v) is 1.36. The highest BCUT2D eigenvalue weighted by molar-refractivity contribution is 6.04. The molecule has 0 N–H and O–H groups in total. The number of allylic oxidation sites excluding steroid dienone is 3. The molecular formula is C17H22O. The SMILES string of the molecule is C=CC(=O)C#CC#CC/C=C\CCCCCCC. The maximum atomic E-state index is 10.7. The minimum Gasteiger partial charge on any atom is -0.280 e. The van der Waals surface area contributed by atoms with E-state index in [0.717, 1.165) is 6.42 Å². The highest BCUT2D eigenvalue weighted by atomic mass is 16.1. The largest absolute Gasteiger partial charge is 0.280 e. The van der Waals surface area contributed by atoms with Crippen LogP contribution in [-0.2, 0) is 4.79 Å². The van der Waals surface area contributed by atoms with E-state index in [1.807, 2.05) is 0 Å². The summed E-state index contributed by atoms with van der Waals surface area (Å²) in [6, 6.07) is 0. The fourth-order valence-electron chi connectivity index (χ4n) is 1.36. The van der Waals surface area contributed by atoms with Gasteiger partial charge in [-0.05, 0) is 36.7 Å². The van der Waals surface area contributed by atoms with Crippen LogP contribution in [0.3, 0.4) is 0 Å². The second-order valence-corrected chi connectivity index (χ2v) is 4.00. The molecule has 1 heteroatoms. The Hall–Kier alpha value is -1.73. The van der Waals surface area contributed by atoms with Gasteiger partial charge in [0.2, 0.25) is 5.78 Å². The molecule has 0 aromatic heterocycles. The maximum Gasteiger partial charge on any atom is 0.229 e. The minimum atomic E-state index is -0.285. The molecule has 0 fully saturated rings. The molecule has 1 nitrogen and oxygen atoms in total. The highest BCUT2D eigenvalue weighted by Gasteiger charge is 1.85. The van der Waals surface area contributed by atoms with E-state index in [2.05, 4.69) is 49.3 Å². The smallest absolute Gasteiger partial charge is 0.229 e. The van der Waals surface area contributed by atoms with Gasteiger partial charge in [0.25, 0.3) is 0 Å². The van der Waals surface area contributed by atoms with Crippen molar-refractivity contribution in [2.45, 2.75) is 51.9 Å². The first-order valence-corrected chi connectivity index (χ1v) is 6.61. The van der Waals surface area contributed by atoms with E-state index in [1.54, 1.807) is 0 Å². The Labute approximate surface area is 111 Å². The average molecular weight is 242 g/mol.